The van der Waals surface area contributed by atoms with Crippen molar-refractivity contribution in [3.8, 4) is 0 Å². The molecule has 100 valence electrons. The lowest BCUT2D eigenvalue weighted by atomic mass is 10.0. The van der Waals surface area contributed by atoms with Crippen LogP contribution >= 0.6 is 0 Å². The second-order valence-corrected chi connectivity index (χ2v) is 4.88. The third-order valence-electron chi connectivity index (χ3n) is 2.97. The number of likely N-dealkylation sites (N-methyl/N-ethyl adjacent to an activating group) is 1. The average molecular weight is 242 g/mol. The van der Waals surface area contributed by atoms with Gasteiger partial charge in [-0.25, -0.2) is 0 Å². The van der Waals surface area contributed by atoms with Crippen LogP contribution in [-0.2, 0) is 9.59 Å². The van der Waals surface area contributed by atoms with Crippen molar-refractivity contribution in [2.45, 2.75) is 46.6 Å². The minimum Gasteiger partial charge on any atom is -0.348 e. The maximum atomic E-state index is 11.8. The van der Waals surface area contributed by atoms with Crippen molar-refractivity contribution in [3.05, 3.63) is 0 Å². The summed E-state index contributed by atoms with van der Waals surface area (Å²) in [5, 5.41) is 5.66. The Labute approximate surface area is 105 Å². The van der Waals surface area contributed by atoms with E-state index in [0.29, 0.717) is 0 Å². The number of carbonyl (C=O) groups is 2. The molecule has 0 bridgehead atoms. The van der Waals surface area contributed by atoms with Crippen LogP contribution in [0.2, 0.25) is 0 Å². The van der Waals surface area contributed by atoms with E-state index >= 15 is 0 Å². The topological polar surface area (TPSA) is 58.2 Å². The molecule has 2 atom stereocenters. The van der Waals surface area contributed by atoms with Crippen molar-refractivity contribution in [1.82, 2.24) is 10.6 Å². The molecule has 0 fully saturated rings. The molecule has 0 aromatic heterocycles. The molecule has 1 amide bonds. The van der Waals surface area contributed by atoms with Gasteiger partial charge in [0.25, 0.3) is 0 Å². The molecule has 2 N–H and O–H groups in total. The standard InChI is InChI=1S/C13H26N2O2/c1-6-7-10(4)11(16)8-15-13(17)12(14-5)9(2)3/h9-10,12,14H,6-8H2,1-5H3,(H,15,17). The van der Waals surface area contributed by atoms with Crippen molar-refractivity contribution < 1.29 is 9.59 Å². The van der Waals surface area contributed by atoms with Gasteiger partial charge in [0.2, 0.25) is 5.91 Å². The third-order valence-corrected chi connectivity index (χ3v) is 2.97. The van der Waals surface area contributed by atoms with Crippen LogP contribution in [0, 0.1) is 11.8 Å². The minimum atomic E-state index is -0.232. The molecule has 0 saturated heterocycles. The van der Waals surface area contributed by atoms with Crippen LogP contribution in [0.1, 0.15) is 40.5 Å². The second kappa shape index (κ2) is 8.23. The molecule has 4 heteroatoms. The number of hydrogen-bond acceptors (Lipinski definition) is 3. The molecule has 0 aliphatic heterocycles. The highest BCUT2D eigenvalue weighted by atomic mass is 16.2. The summed E-state index contributed by atoms with van der Waals surface area (Å²) in [4.78, 5) is 23.5. The fourth-order valence-electron chi connectivity index (χ4n) is 1.82. The fraction of sp³-hybridized carbons (Fsp3) is 0.846. The second-order valence-electron chi connectivity index (χ2n) is 4.88. The molecule has 0 saturated carbocycles. The lowest BCUT2D eigenvalue weighted by Crippen LogP contribution is -2.47. The van der Waals surface area contributed by atoms with Crippen LogP contribution in [-0.4, -0.2) is 31.3 Å². The van der Waals surface area contributed by atoms with E-state index in [0.717, 1.165) is 12.8 Å². The Bertz CT molecular complexity index is 252. The van der Waals surface area contributed by atoms with E-state index in [4.69, 9.17) is 0 Å². The lowest BCUT2D eigenvalue weighted by Gasteiger charge is -2.19. The van der Waals surface area contributed by atoms with Crippen LogP contribution < -0.4 is 10.6 Å². The van der Waals surface area contributed by atoms with E-state index in [1.807, 2.05) is 20.8 Å². The molecule has 2 unspecified atom stereocenters. The van der Waals surface area contributed by atoms with Gasteiger partial charge in [0.05, 0.1) is 12.6 Å². The Kier molecular flexibility index (Phi) is 7.79. The molecule has 0 aromatic carbocycles. The zero-order valence-corrected chi connectivity index (χ0v) is 11.7. The number of hydrogen-bond donors (Lipinski definition) is 2. The van der Waals surface area contributed by atoms with E-state index in [2.05, 4.69) is 17.6 Å². The summed E-state index contributed by atoms with van der Waals surface area (Å²) in [5.41, 5.74) is 0. The smallest absolute Gasteiger partial charge is 0.237 e. The van der Waals surface area contributed by atoms with Gasteiger partial charge in [-0.1, -0.05) is 34.1 Å². The van der Waals surface area contributed by atoms with E-state index in [1.54, 1.807) is 7.05 Å². The Hall–Kier alpha value is -0.900. The zero-order valence-electron chi connectivity index (χ0n) is 11.7. The van der Waals surface area contributed by atoms with E-state index in [9.17, 15) is 9.59 Å². The van der Waals surface area contributed by atoms with E-state index < -0.39 is 0 Å². The number of ketones is 1. The number of Topliss-reactive ketones (excluding diaryl/α,β-unsaturated/α-hetero) is 1. The van der Waals surface area contributed by atoms with Gasteiger partial charge >= 0.3 is 0 Å². The zero-order chi connectivity index (χ0) is 13.4. The first-order chi connectivity index (χ1) is 7.93. The van der Waals surface area contributed by atoms with Crippen LogP contribution in [0.5, 0.6) is 0 Å². The molecular formula is C13H26N2O2. The number of nitrogens with one attached hydrogen (secondary N) is 2. The van der Waals surface area contributed by atoms with Gasteiger partial charge in [0.1, 0.15) is 0 Å². The number of rotatable bonds is 8. The van der Waals surface area contributed by atoms with Crippen LogP contribution in [0.15, 0.2) is 0 Å². The summed E-state index contributed by atoms with van der Waals surface area (Å²) in [5.74, 6) is 0.258. The molecule has 17 heavy (non-hydrogen) atoms. The highest BCUT2D eigenvalue weighted by molar-refractivity contribution is 5.89. The molecule has 4 nitrogen and oxygen atoms in total. The summed E-state index contributed by atoms with van der Waals surface area (Å²) in [6.45, 7) is 8.06. The van der Waals surface area contributed by atoms with Crippen molar-refractivity contribution in [2.24, 2.45) is 11.8 Å². The molecule has 0 heterocycles. The van der Waals surface area contributed by atoms with Crippen LogP contribution in [0.3, 0.4) is 0 Å². The number of carbonyl (C=O) groups excluding carboxylic acids is 2. The van der Waals surface area contributed by atoms with Crippen molar-refractivity contribution >= 4 is 11.7 Å². The van der Waals surface area contributed by atoms with Crippen molar-refractivity contribution in [2.75, 3.05) is 13.6 Å². The van der Waals surface area contributed by atoms with Gasteiger partial charge in [-0.2, -0.15) is 0 Å². The van der Waals surface area contributed by atoms with Crippen LogP contribution in [0.4, 0.5) is 0 Å². The summed E-state index contributed by atoms with van der Waals surface area (Å²) in [6, 6.07) is -0.232. The monoisotopic (exact) mass is 242 g/mol. The Balaban J connectivity index is 4.10. The Morgan fingerprint density at radius 2 is 1.76 bits per heavy atom. The summed E-state index contributed by atoms with van der Waals surface area (Å²) in [7, 11) is 1.76. The highest BCUT2D eigenvalue weighted by Crippen LogP contribution is 2.06. The summed E-state index contributed by atoms with van der Waals surface area (Å²) < 4.78 is 0. The van der Waals surface area contributed by atoms with Gasteiger partial charge in [-0.05, 0) is 19.4 Å². The Morgan fingerprint density at radius 1 is 1.18 bits per heavy atom. The molecule has 0 aromatic rings. The maximum Gasteiger partial charge on any atom is 0.237 e. The first kappa shape index (κ1) is 16.1. The predicted octanol–water partition coefficient (Wildman–Crippen LogP) is 1.35. The van der Waals surface area contributed by atoms with E-state index in [1.165, 1.54) is 0 Å². The van der Waals surface area contributed by atoms with Crippen molar-refractivity contribution in [1.29, 1.82) is 0 Å². The van der Waals surface area contributed by atoms with Gasteiger partial charge < -0.3 is 10.6 Å². The summed E-state index contributed by atoms with van der Waals surface area (Å²) >= 11 is 0. The number of amides is 1. The molecule has 0 radical (unpaired) electrons. The molecule has 0 rings (SSSR count). The predicted molar refractivity (Wildman–Crippen MR) is 69.8 cm³/mol. The fourth-order valence-corrected chi connectivity index (χ4v) is 1.82. The normalized spacial score (nSPS) is 14.5. The van der Waals surface area contributed by atoms with Gasteiger partial charge in [-0.15, -0.1) is 0 Å². The summed E-state index contributed by atoms with van der Waals surface area (Å²) in [6.07, 6.45) is 1.88. The van der Waals surface area contributed by atoms with Gasteiger partial charge in [-0.3, -0.25) is 9.59 Å². The van der Waals surface area contributed by atoms with Gasteiger partial charge in [0, 0.05) is 5.92 Å². The molecule has 0 aliphatic carbocycles. The minimum absolute atomic E-state index is 0.0346. The SMILES string of the molecule is CCCC(C)C(=O)CNC(=O)C(NC)C(C)C. The quantitative estimate of drug-likeness (QED) is 0.675. The van der Waals surface area contributed by atoms with Crippen molar-refractivity contribution in [3.63, 3.8) is 0 Å². The molecule has 0 spiro atoms. The molecular weight excluding hydrogens is 216 g/mol. The Morgan fingerprint density at radius 3 is 2.18 bits per heavy atom. The van der Waals surface area contributed by atoms with Gasteiger partial charge in [0.15, 0.2) is 5.78 Å². The van der Waals surface area contributed by atoms with Crippen LogP contribution in [0.25, 0.3) is 0 Å². The highest BCUT2D eigenvalue weighted by Gasteiger charge is 2.21. The molecule has 0 aliphatic rings. The first-order valence-electron chi connectivity index (χ1n) is 6.41. The first-order valence-corrected chi connectivity index (χ1v) is 6.41. The largest absolute Gasteiger partial charge is 0.348 e. The maximum absolute atomic E-state index is 11.8. The lowest BCUT2D eigenvalue weighted by molar-refractivity contribution is -0.128. The third kappa shape index (κ3) is 5.82. The van der Waals surface area contributed by atoms with E-state index in [-0.39, 0.29) is 36.1 Å². The average Bonchev–Trinajstić information content (AvgIpc) is 2.26.